The van der Waals surface area contributed by atoms with E-state index in [0.29, 0.717) is 5.82 Å². The monoisotopic (exact) mass is 256 g/mol. The van der Waals surface area contributed by atoms with E-state index in [4.69, 9.17) is 0 Å². The maximum Gasteiger partial charge on any atom is 0.275 e. The summed E-state index contributed by atoms with van der Waals surface area (Å²) in [5.41, 5.74) is 0.957. The minimum atomic E-state index is -0.484. The Bertz CT molecular complexity index is 736. The van der Waals surface area contributed by atoms with Gasteiger partial charge in [0.2, 0.25) is 0 Å². The minimum absolute atomic E-state index is 0.133. The standard InChI is InChI=1S/C13H9FN4O/c14-8-5-6-11(15-7-8)13(19)16-12-9-3-1-2-4-10(9)17-18-12/h1-7H,(H2,16,17,18,19). The SMILES string of the molecule is O=C(Nc1n[nH]c2ccccc12)c1ccc(F)cn1. The molecule has 6 heteroatoms. The average molecular weight is 256 g/mol. The highest BCUT2D eigenvalue weighted by Gasteiger charge is 2.11. The van der Waals surface area contributed by atoms with Crippen LogP contribution in [0.25, 0.3) is 10.9 Å². The van der Waals surface area contributed by atoms with Crippen molar-refractivity contribution in [3.05, 3.63) is 54.1 Å². The van der Waals surface area contributed by atoms with E-state index in [2.05, 4.69) is 20.5 Å². The van der Waals surface area contributed by atoms with Gasteiger partial charge in [-0.05, 0) is 24.3 Å². The van der Waals surface area contributed by atoms with Gasteiger partial charge in [-0.1, -0.05) is 12.1 Å². The molecule has 2 N–H and O–H groups in total. The summed E-state index contributed by atoms with van der Waals surface area (Å²) >= 11 is 0. The first kappa shape index (κ1) is 11.3. The van der Waals surface area contributed by atoms with Crippen LogP contribution in [0.15, 0.2) is 42.6 Å². The van der Waals surface area contributed by atoms with Crippen molar-refractivity contribution in [3.8, 4) is 0 Å². The van der Waals surface area contributed by atoms with Crippen molar-refractivity contribution < 1.29 is 9.18 Å². The van der Waals surface area contributed by atoms with Gasteiger partial charge in [0.25, 0.3) is 5.91 Å². The zero-order valence-electron chi connectivity index (χ0n) is 9.72. The first-order valence-electron chi connectivity index (χ1n) is 5.60. The van der Waals surface area contributed by atoms with Crippen LogP contribution in [-0.4, -0.2) is 21.1 Å². The number of amides is 1. The molecule has 2 heterocycles. The number of nitrogens with one attached hydrogen (secondary N) is 2. The Balaban J connectivity index is 1.89. The Kier molecular flexibility index (Phi) is 2.68. The molecule has 0 aliphatic carbocycles. The predicted molar refractivity (Wildman–Crippen MR) is 68.2 cm³/mol. The second kappa shape index (κ2) is 4.49. The molecule has 0 bridgehead atoms. The zero-order chi connectivity index (χ0) is 13.2. The van der Waals surface area contributed by atoms with Gasteiger partial charge in [0, 0.05) is 5.39 Å². The maximum absolute atomic E-state index is 12.7. The largest absolute Gasteiger partial charge is 0.303 e. The number of carbonyl (C=O) groups is 1. The number of rotatable bonds is 2. The summed E-state index contributed by atoms with van der Waals surface area (Å²) in [6.07, 6.45) is 0.998. The summed E-state index contributed by atoms with van der Waals surface area (Å²) in [4.78, 5) is 15.6. The van der Waals surface area contributed by atoms with Crippen molar-refractivity contribution in [2.24, 2.45) is 0 Å². The molecule has 94 valence electrons. The third-order valence-corrected chi connectivity index (χ3v) is 2.66. The van der Waals surface area contributed by atoms with Crippen molar-refractivity contribution in [1.82, 2.24) is 15.2 Å². The van der Waals surface area contributed by atoms with Crippen LogP contribution in [0.4, 0.5) is 10.2 Å². The van der Waals surface area contributed by atoms with E-state index < -0.39 is 11.7 Å². The number of nitrogens with zero attached hydrogens (tertiary/aromatic N) is 2. The summed E-state index contributed by atoms with van der Waals surface area (Å²) in [5, 5.41) is 10.3. The van der Waals surface area contributed by atoms with Gasteiger partial charge >= 0.3 is 0 Å². The fraction of sp³-hybridized carbons (Fsp3) is 0. The Morgan fingerprint density at radius 3 is 2.84 bits per heavy atom. The quantitative estimate of drug-likeness (QED) is 0.739. The van der Waals surface area contributed by atoms with E-state index in [1.807, 2.05) is 24.3 Å². The van der Waals surface area contributed by atoms with Crippen molar-refractivity contribution in [2.45, 2.75) is 0 Å². The number of pyridine rings is 1. The Labute approximate surface area is 107 Å². The molecule has 3 rings (SSSR count). The molecule has 0 unspecified atom stereocenters. The molecule has 3 aromatic rings. The highest BCUT2D eigenvalue weighted by atomic mass is 19.1. The van der Waals surface area contributed by atoms with Gasteiger partial charge in [-0.15, -0.1) is 0 Å². The number of aromatic amines is 1. The molecule has 0 saturated heterocycles. The molecular formula is C13H9FN4O. The Morgan fingerprint density at radius 2 is 2.05 bits per heavy atom. The number of anilines is 1. The highest BCUT2D eigenvalue weighted by molar-refractivity contribution is 6.06. The zero-order valence-corrected chi connectivity index (χ0v) is 9.72. The van der Waals surface area contributed by atoms with Gasteiger partial charge in [-0.2, -0.15) is 5.10 Å². The molecule has 0 saturated carbocycles. The lowest BCUT2D eigenvalue weighted by atomic mass is 10.2. The normalized spacial score (nSPS) is 10.6. The van der Waals surface area contributed by atoms with Gasteiger partial charge < -0.3 is 5.32 Å². The third kappa shape index (κ3) is 2.15. The summed E-state index contributed by atoms with van der Waals surface area (Å²) in [6.45, 7) is 0. The lowest BCUT2D eigenvalue weighted by Gasteiger charge is -2.01. The Morgan fingerprint density at radius 1 is 1.21 bits per heavy atom. The topological polar surface area (TPSA) is 70.7 Å². The molecule has 0 aliphatic rings. The van der Waals surface area contributed by atoms with Crippen molar-refractivity contribution >= 4 is 22.6 Å². The number of hydrogen-bond donors (Lipinski definition) is 2. The Hall–Kier alpha value is -2.76. The van der Waals surface area contributed by atoms with Crippen LogP contribution in [-0.2, 0) is 0 Å². The smallest absolute Gasteiger partial charge is 0.275 e. The van der Waals surface area contributed by atoms with Gasteiger partial charge in [-0.3, -0.25) is 9.89 Å². The van der Waals surface area contributed by atoms with Crippen molar-refractivity contribution in [1.29, 1.82) is 0 Å². The molecule has 1 amide bonds. The number of fused-ring (bicyclic) bond motifs is 1. The van der Waals surface area contributed by atoms with Gasteiger partial charge in [0.1, 0.15) is 11.5 Å². The van der Waals surface area contributed by atoms with Gasteiger partial charge in [0.05, 0.1) is 11.7 Å². The first-order chi connectivity index (χ1) is 9.24. The van der Waals surface area contributed by atoms with Crippen LogP contribution in [0, 0.1) is 5.82 Å². The molecule has 2 aromatic heterocycles. The average Bonchev–Trinajstić information content (AvgIpc) is 2.83. The molecule has 0 fully saturated rings. The molecule has 5 nitrogen and oxygen atoms in total. The van der Waals surface area contributed by atoms with E-state index in [1.165, 1.54) is 12.1 Å². The van der Waals surface area contributed by atoms with E-state index in [0.717, 1.165) is 17.1 Å². The predicted octanol–water partition coefficient (Wildman–Crippen LogP) is 2.35. The van der Waals surface area contributed by atoms with Crippen LogP contribution in [0.1, 0.15) is 10.5 Å². The van der Waals surface area contributed by atoms with Crippen LogP contribution < -0.4 is 5.32 Å². The number of carbonyl (C=O) groups excluding carboxylic acids is 1. The van der Waals surface area contributed by atoms with Gasteiger partial charge in [0.15, 0.2) is 5.82 Å². The fourth-order valence-electron chi connectivity index (χ4n) is 1.74. The second-order valence-corrected chi connectivity index (χ2v) is 3.93. The maximum atomic E-state index is 12.7. The molecular weight excluding hydrogens is 247 g/mol. The first-order valence-corrected chi connectivity index (χ1v) is 5.60. The molecule has 0 aliphatic heterocycles. The number of benzene rings is 1. The number of hydrogen-bond acceptors (Lipinski definition) is 3. The summed E-state index contributed by atoms with van der Waals surface area (Å²) in [6, 6.07) is 9.92. The molecule has 0 radical (unpaired) electrons. The van der Waals surface area contributed by atoms with Gasteiger partial charge in [-0.25, -0.2) is 9.37 Å². The lowest BCUT2D eigenvalue weighted by molar-refractivity contribution is 0.102. The number of para-hydroxylation sites is 1. The van der Waals surface area contributed by atoms with Crippen LogP contribution >= 0.6 is 0 Å². The molecule has 0 spiro atoms. The number of halogens is 1. The van der Waals surface area contributed by atoms with E-state index in [-0.39, 0.29) is 5.69 Å². The summed E-state index contributed by atoms with van der Waals surface area (Å²) in [7, 11) is 0. The summed E-state index contributed by atoms with van der Waals surface area (Å²) < 4.78 is 12.7. The van der Waals surface area contributed by atoms with Crippen molar-refractivity contribution in [2.75, 3.05) is 5.32 Å². The lowest BCUT2D eigenvalue weighted by Crippen LogP contribution is -2.14. The highest BCUT2D eigenvalue weighted by Crippen LogP contribution is 2.19. The number of aromatic nitrogens is 3. The minimum Gasteiger partial charge on any atom is -0.303 e. The van der Waals surface area contributed by atoms with Crippen molar-refractivity contribution in [3.63, 3.8) is 0 Å². The van der Waals surface area contributed by atoms with Crippen LogP contribution in [0.5, 0.6) is 0 Å². The van der Waals surface area contributed by atoms with E-state index in [9.17, 15) is 9.18 Å². The van der Waals surface area contributed by atoms with Crippen LogP contribution in [0.3, 0.4) is 0 Å². The third-order valence-electron chi connectivity index (χ3n) is 2.66. The molecule has 0 atom stereocenters. The van der Waals surface area contributed by atoms with Crippen LogP contribution in [0.2, 0.25) is 0 Å². The van der Waals surface area contributed by atoms with E-state index in [1.54, 1.807) is 0 Å². The second-order valence-electron chi connectivity index (χ2n) is 3.93. The fourth-order valence-corrected chi connectivity index (χ4v) is 1.74. The molecule has 19 heavy (non-hydrogen) atoms. The molecule has 1 aromatic carbocycles. The summed E-state index contributed by atoms with van der Waals surface area (Å²) in [5.74, 6) is -0.495. The number of H-pyrrole nitrogens is 1. The van der Waals surface area contributed by atoms with E-state index >= 15 is 0 Å².